The molecule has 176 valence electrons. The molecular weight excluding hydrogens is 451 g/mol. The molecule has 0 amide bonds. The zero-order valence-corrected chi connectivity index (χ0v) is 20.3. The van der Waals surface area contributed by atoms with Gasteiger partial charge in [0.15, 0.2) is 5.75 Å². The van der Waals surface area contributed by atoms with Gasteiger partial charge in [0.1, 0.15) is 17.1 Å². The fourth-order valence-electron chi connectivity index (χ4n) is 3.74. The van der Waals surface area contributed by atoms with Crippen LogP contribution in [0.4, 0.5) is 15.8 Å². The van der Waals surface area contributed by atoms with E-state index in [1.165, 1.54) is 17.0 Å². The normalized spacial score (nSPS) is 13.6. The van der Waals surface area contributed by atoms with E-state index in [-0.39, 0.29) is 29.3 Å². The highest BCUT2D eigenvalue weighted by molar-refractivity contribution is 7.10. The molecule has 0 radical (unpaired) electrons. The van der Waals surface area contributed by atoms with E-state index < -0.39 is 16.5 Å². The maximum Gasteiger partial charge on any atom is 0.272 e. The van der Waals surface area contributed by atoms with E-state index in [2.05, 4.69) is 23.6 Å². The Hall–Kier alpha value is -3.29. The van der Waals surface area contributed by atoms with E-state index >= 15 is 0 Å². The van der Waals surface area contributed by atoms with Crippen LogP contribution >= 0.6 is 11.3 Å². The predicted octanol–water partition coefficient (Wildman–Crippen LogP) is 5.84. The summed E-state index contributed by atoms with van der Waals surface area (Å²) in [6, 6.07) is 17.9. The highest BCUT2D eigenvalue weighted by Gasteiger charge is 2.27. The van der Waals surface area contributed by atoms with Gasteiger partial charge in [-0.3, -0.25) is 14.9 Å². The van der Waals surface area contributed by atoms with Crippen LogP contribution in [0.25, 0.3) is 0 Å². The maximum atomic E-state index is 13.6. The minimum Gasteiger partial charge on any atom is -0.482 e. The molecule has 2 unspecified atom stereocenters. The lowest BCUT2D eigenvalue weighted by molar-refractivity contribution is 0.128. The first-order valence-corrected chi connectivity index (χ1v) is 11.9. The van der Waals surface area contributed by atoms with Gasteiger partial charge < -0.3 is 10.1 Å². The molecule has 0 aliphatic carbocycles. The van der Waals surface area contributed by atoms with E-state index in [0.29, 0.717) is 5.69 Å². The molecule has 7 heteroatoms. The molecule has 1 heterocycles. The summed E-state index contributed by atoms with van der Waals surface area (Å²) >= 11 is 1.67. The molecule has 5 nitrogen and oxygen atoms in total. The van der Waals surface area contributed by atoms with Gasteiger partial charge in [-0.05, 0) is 74.5 Å². The van der Waals surface area contributed by atoms with E-state index in [9.17, 15) is 14.0 Å². The van der Waals surface area contributed by atoms with Crippen LogP contribution in [0.3, 0.4) is 0 Å². The van der Waals surface area contributed by atoms with Crippen molar-refractivity contribution in [3.8, 4) is 5.75 Å². The molecule has 0 saturated heterocycles. The SMILES string of the molecule is CC(NC(c1ccc(F)cc1)c1cccc(Nc2c(OC(C)(C)C)c(=O)c2=O)c1)c1cccs1. The van der Waals surface area contributed by atoms with Gasteiger partial charge in [0.25, 0.3) is 10.9 Å². The molecule has 2 N–H and O–H groups in total. The summed E-state index contributed by atoms with van der Waals surface area (Å²) in [5.74, 6) is -0.238. The fraction of sp³-hybridized carbons (Fsp3) is 0.259. The second kappa shape index (κ2) is 9.52. The molecule has 34 heavy (non-hydrogen) atoms. The Morgan fingerprint density at radius 1 is 0.941 bits per heavy atom. The van der Waals surface area contributed by atoms with Crippen LogP contribution in [0.15, 0.2) is 75.6 Å². The van der Waals surface area contributed by atoms with Crippen molar-refractivity contribution < 1.29 is 9.13 Å². The Balaban J connectivity index is 1.65. The summed E-state index contributed by atoms with van der Waals surface area (Å²) in [5, 5.41) is 8.74. The summed E-state index contributed by atoms with van der Waals surface area (Å²) in [7, 11) is 0. The van der Waals surface area contributed by atoms with Crippen LogP contribution in [-0.2, 0) is 0 Å². The minimum absolute atomic E-state index is 0.0578. The summed E-state index contributed by atoms with van der Waals surface area (Å²) in [4.78, 5) is 25.5. The van der Waals surface area contributed by atoms with Gasteiger partial charge in [-0.2, -0.15) is 0 Å². The van der Waals surface area contributed by atoms with Crippen LogP contribution in [0.2, 0.25) is 0 Å². The van der Waals surface area contributed by atoms with Crippen LogP contribution in [0.5, 0.6) is 5.75 Å². The number of thiophene rings is 1. The fourth-order valence-corrected chi connectivity index (χ4v) is 4.48. The summed E-state index contributed by atoms with van der Waals surface area (Å²) in [6.45, 7) is 7.55. The molecule has 2 atom stereocenters. The molecule has 4 rings (SSSR count). The molecule has 1 aromatic heterocycles. The molecular formula is C27H27FN2O3S. The number of hydrogen-bond donors (Lipinski definition) is 2. The quantitative estimate of drug-likeness (QED) is 0.311. The van der Waals surface area contributed by atoms with Crippen LogP contribution in [-0.4, -0.2) is 5.60 Å². The molecule has 0 spiro atoms. The number of anilines is 2. The number of benzene rings is 2. The maximum absolute atomic E-state index is 13.6. The van der Waals surface area contributed by atoms with Crippen molar-refractivity contribution in [2.75, 3.05) is 5.32 Å². The molecule has 0 aliphatic rings. The monoisotopic (exact) mass is 478 g/mol. The Kier molecular flexibility index (Phi) is 6.68. The first-order chi connectivity index (χ1) is 16.1. The van der Waals surface area contributed by atoms with Crippen LogP contribution < -0.4 is 26.2 Å². The topological polar surface area (TPSA) is 67.4 Å². The number of ether oxygens (including phenoxy) is 1. The second-order valence-corrected chi connectivity index (χ2v) is 10.2. The lowest BCUT2D eigenvalue weighted by Gasteiger charge is -2.25. The Morgan fingerprint density at radius 3 is 2.32 bits per heavy atom. The molecule has 3 aromatic carbocycles. The van der Waals surface area contributed by atoms with Crippen LogP contribution in [0.1, 0.15) is 55.8 Å². The van der Waals surface area contributed by atoms with Crippen molar-refractivity contribution in [2.45, 2.75) is 45.4 Å². The highest BCUT2D eigenvalue weighted by atomic mass is 32.1. The smallest absolute Gasteiger partial charge is 0.272 e. The zero-order chi connectivity index (χ0) is 24.5. The van der Waals surface area contributed by atoms with Gasteiger partial charge in [0.2, 0.25) is 0 Å². The van der Waals surface area contributed by atoms with Gasteiger partial charge >= 0.3 is 0 Å². The predicted molar refractivity (Wildman–Crippen MR) is 136 cm³/mol. The van der Waals surface area contributed by atoms with Crippen molar-refractivity contribution in [1.29, 1.82) is 0 Å². The van der Waals surface area contributed by atoms with E-state index in [4.69, 9.17) is 4.74 Å². The van der Waals surface area contributed by atoms with Gasteiger partial charge in [0.05, 0.1) is 6.04 Å². The molecule has 0 aliphatic heterocycles. The Morgan fingerprint density at radius 2 is 1.68 bits per heavy atom. The standard InChI is InChI=1S/C27H27FN2O3S/c1-16(21-9-6-14-34-21)29-22(17-10-12-19(28)13-11-17)18-7-5-8-20(15-18)30-23-24(31)25(32)26(23)33-27(2,3)4/h5-16,22,29-30H,1-4H3. The van der Waals surface area contributed by atoms with Crippen molar-refractivity contribution >= 4 is 22.7 Å². The lowest BCUT2D eigenvalue weighted by atomic mass is 9.97. The summed E-state index contributed by atoms with van der Waals surface area (Å²) in [6.07, 6.45) is 0. The third kappa shape index (κ3) is 5.26. The van der Waals surface area contributed by atoms with E-state index in [0.717, 1.165) is 11.1 Å². The number of hydrogen-bond acceptors (Lipinski definition) is 6. The molecule has 0 fully saturated rings. The molecule has 4 aromatic rings. The van der Waals surface area contributed by atoms with Crippen molar-refractivity contribution in [3.63, 3.8) is 0 Å². The summed E-state index contributed by atoms with van der Waals surface area (Å²) in [5.41, 5.74) is 0.838. The number of halogens is 1. The van der Waals surface area contributed by atoms with Crippen molar-refractivity contribution in [1.82, 2.24) is 5.32 Å². The average molecular weight is 479 g/mol. The van der Waals surface area contributed by atoms with Gasteiger partial charge in [-0.15, -0.1) is 11.3 Å². The third-order valence-corrected chi connectivity index (χ3v) is 6.41. The van der Waals surface area contributed by atoms with Crippen molar-refractivity contribution in [3.05, 3.63) is 108 Å². The summed E-state index contributed by atoms with van der Waals surface area (Å²) < 4.78 is 19.3. The molecule has 0 saturated carbocycles. The molecule has 0 bridgehead atoms. The average Bonchev–Trinajstić information content (AvgIpc) is 3.35. The first kappa shape index (κ1) is 23.9. The van der Waals surface area contributed by atoms with Gasteiger partial charge in [0, 0.05) is 16.6 Å². The van der Waals surface area contributed by atoms with E-state index in [1.54, 1.807) is 23.5 Å². The first-order valence-electron chi connectivity index (χ1n) is 11.1. The zero-order valence-electron chi connectivity index (χ0n) is 19.5. The number of nitrogens with one attached hydrogen (secondary N) is 2. The Bertz CT molecular complexity index is 1330. The minimum atomic E-state index is -0.621. The lowest BCUT2D eigenvalue weighted by Crippen LogP contribution is -2.39. The van der Waals surface area contributed by atoms with Crippen molar-refractivity contribution in [2.24, 2.45) is 0 Å². The van der Waals surface area contributed by atoms with Gasteiger partial charge in [-0.1, -0.05) is 30.3 Å². The van der Waals surface area contributed by atoms with Crippen LogP contribution in [0, 0.1) is 5.82 Å². The van der Waals surface area contributed by atoms with Gasteiger partial charge in [-0.25, -0.2) is 4.39 Å². The largest absolute Gasteiger partial charge is 0.482 e. The third-order valence-electron chi connectivity index (χ3n) is 5.35. The van der Waals surface area contributed by atoms with E-state index in [1.807, 2.05) is 56.5 Å². The Labute approximate surface area is 201 Å². The second-order valence-electron chi connectivity index (χ2n) is 9.22. The number of rotatable bonds is 8. The highest BCUT2D eigenvalue weighted by Crippen LogP contribution is 2.31.